The fourth-order valence-corrected chi connectivity index (χ4v) is 1.28. The second kappa shape index (κ2) is 1.88. The molecule has 0 aromatic rings. The van der Waals surface area contributed by atoms with Crippen molar-refractivity contribution in [3.63, 3.8) is 0 Å². The molecule has 0 aromatic heterocycles. The largest absolute Gasteiger partial charge is 0.375 e. The fraction of sp³-hybridized carbons (Fsp3) is 0.429. The number of hydrogen-bond acceptors (Lipinski definition) is 2. The Kier molecular flexibility index (Phi) is 1.06. The zero-order chi connectivity index (χ0) is 6.10. The van der Waals surface area contributed by atoms with Crippen molar-refractivity contribution in [2.24, 2.45) is 5.92 Å². The monoisotopic (exact) mass is 122 g/mol. The van der Waals surface area contributed by atoms with Gasteiger partial charge in [0.25, 0.3) is 0 Å². The van der Waals surface area contributed by atoms with E-state index in [0.717, 1.165) is 6.54 Å². The van der Waals surface area contributed by atoms with Gasteiger partial charge in [-0.15, -0.1) is 0 Å². The van der Waals surface area contributed by atoms with Gasteiger partial charge in [-0.1, -0.05) is 18.2 Å². The molecular weight excluding hydrogens is 112 g/mol. The van der Waals surface area contributed by atoms with E-state index in [4.69, 9.17) is 0 Å². The van der Waals surface area contributed by atoms with Gasteiger partial charge >= 0.3 is 0 Å². The topological polar surface area (TPSA) is 24.1 Å². The maximum absolute atomic E-state index is 3.32. The average Bonchev–Trinajstić information content (AvgIpc) is 2.33. The molecular formula is C7H10N2. The Labute approximate surface area is 54.6 Å². The molecule has 0 amide bonds. The van der Waals surface area contributed by atoms with E-state index in [1.54, 1.807) is 0 Å². The lowest BCUT2D eigenvalue weighted by Gasteiger charge is -2.21. The van der Waals surface area contributed by atoms with Crippen molar-refractivity contribution in [3.05, 3.63) is 24.4 Å². The van der Waals surface area contributed by atoms with Gasteiger partial charge in [0.15, 0.2) is 0 Å². The maximum atomic E-state index is 3.32. The lowest BCUT2D eigenvalue weighted by atomic mass is 10.1. The van der Waals surface area contributed by atoms with E-state index >= 15 is 0 Å². The number of rotatable bonds is 0. The van der Waals surface area contributed by atoms with Crippen molar-refractivity contribution in [1.82, 2.24) is 10.6 Å². The molecule has 2 unspecified atom stereocenters. The van der Waals surface area contributed by atoms with Gasteiger partial charge in [0.2, 0.25) is 0 Å². The van der Waals surface area contributed by atoms with E-state index in [2.05, 4.69) is 28.9 Å². The van der Waals surface area contributed by atoms with Crippen molar-refractivity contribution < 1.29 is 0 Å². The van der Waals surface area contributed by atoms with Crippen LogP contribution in [0.5, 0.6) is 0 Å². The van der Waals surface area contributed by atoms with Crippen molar-refractivity contribution in [1.29, 1.82) is 0 Å². The molecule has 0 fully saturated rings. The predicted molar refractivity (Wildman–Crippen MR) is 36.7 cm³/mol. The van der Waals surface area contributed by atoms with Gasteiger partial charge in [0.1, 0.15) is 0 Å². The third-order valence-corrected chi connectivity index (χ3v) is 1.79. The van der Waals surface area contributed by atoms with Crippen LogP contribution in [-0.2, 0) is 0 Å². The first-order valence-electron chi connectivity index (χ1n) is 3.29. The van der Waals surface area contributed by atoms with E-state index in [1.165, 1.54) is 0 Å². The summed E-state index contributed by atoms with van der Waals surface area (Å²) in [5.41, 5.74) is 0. The van der Waals surface area contributed by atoms with Crippen LogP contribution in [-0.4, -0.2) is 12.7 Å². The van der Waals surface area contributed by atoms with Crippen LogP contribution < -0.4 is 10.6 Å². The van der Waals surface area contributed by atoms with E-state index < -0.39 is 0 Å². The van der Waals surface area contributed by atoms with Crippen LogP contribution in [0.15, 0.2) is 24.4 Å². The lowest BCUT2D eigenvalue weighted by molar-refractivity contribution is 0.448. The molecule has 2 aliphatic rings. The number of nitrogens with one attached hydrogen (secondary N) is 2. The summed E-state index contributed by atoms with van der Waals surface area (Å²) in [6, 6.07) is 0. The molecule has 2 atom stereocenters. The van der Waals surface area contributed by atoms with E-state index in [0.29, 0.717) is 12.1 Å². The third kappa shape index (κ3) is 0.754. The maximum Gasteiger partial charge on any atom is 0.0865 e. The fourth-order valence-electron chi connectivity index (χ4n) is 1.28. The third-order valence-electron chi connectivity index (χ3n) is 1.79. The molecule has 0 bridgehead atoms. The molecule has 0 aromatic carbocycles. The quantitative estimate of drug-likeness (QED) is 0.449. The summed E-state index contributed by atoms with van der Waals surface area (Å²) in [7, 11) is 0. The molecule has 0 aliphatic carbocycles. The Hall–Kier alpha value is -0.760. The minimum Gasteiger partial charge on any atom is -0.375 e. The second-order valence-electron chi connectivity index (χ2n) is 2.42. The zero-order valence-corrected chi connectivity index (χ0v) is 5.17. The van der Waals surface area contributed by atoms with Crippen LogP contribution in [0.25, 0.3) is 0 Å². The standard InChI is InChI=1S/C7H10N2/c1-2-6-3-5-9-7(6)8-4-1/h1-3,5-9H,4H2. The van der Waals surface area contributed by atoms with E-state index in [-0.39, 0.29) is 0 Å². The first kappa shape index (κ1) is 5.06. The summed E-state index contributed by atoms with van der Waals surface area (Å²) in [6.45, 7) is 0.996. The normalized spacial score (nSPS) is 38.2. The number of fused-ring (bicyclic) bond motifs is 1. The molecule has 0 radical (unpaired) electrons. The van der Waals surface area contributed by atoms with Gasteiger partial charge in [0, 0.05) is 12.5 Å². The Bertz CT molecular complexity index is 160. The summed E-state index contributed by atoms with van der Waals surface area (Å²) in [6.07, 6.45) is 9.05. The second-order valence-corrected chi connectivity index (χ2v) is 2.42. The molecule has 2 heterocycles. The first-order chi connectivity index (χ1) is 4.47. The molecule has 0 spiro atoms. The predicted octanol–water partition coefficient (Wildman–Crippen LogP) is 0.205. The molecule has 0 saturated carbocycles. The average molecular weight is 122 g/mol. The highest BCUT2D eigenvalue weighted by Gasteiger charge is 2.20. The van der Waals surface area contributed by atoms with Gasteiger partial charge in [-0.2, -0.15) is 0 Å². The number of hydrogen-bond donors (Lipinski definition) is 2. The molecule has 2 aliphatic heterocycles. The summed E-state index contributed by atoms with van der Waals surface area (Å²) in [5.74, 6) is 0.582. The van der Waals surface area contributed by atoms with Crippen LogP contribution in [0, 0.1) is 5.92 Å². The van der Waals surface area contributed by atoms with Gasteiger partial charge < -0.3 is 5.32 Å². The van der Waals surface area contributed by atoms with Crippen LogP contribution in [0.1, 0.15) is 0 Å². The summed E-state index contributed by atoms with van der Waals surface area (Å²) < 4.78 is 0. The van der Waals surface area contributed by atoms with Crippen LogP contribution in [0.2, 0.25) is 0 Å². The van der Waals surface area contributed by atoms with Crippen molar-refractivity contribution in [2.45, 2.75) is 6.17 Å². The molecule has 0 saturated heterocycles. The minimum absolute atomic E-state index is 0.468. The first-order valence-corrected chi connectivity index (χ1v) is 3.29. The lowest BCUT2D eigenvalue weighted by Crippen LogP contribution is -2.43. The Balaban J connectivity index is 2.17. The minimum atomic E-state index is 0.468. The molecule has 9 heavy (non-hydrogen) atoms. The Morgan fingerprint density at radius 1 is 1.33 bits per heavy atom. The summed E-state index contributed by atoms with van der Waals surface area (Å²) in [5, 5.41) is 6.54. The summed E-state index contributed by atoms with van der Waals surface area (Å²) >= 11 is 0. The van der Waals surface area contributed by atoms with Gasteiger partial charge in [-0.25, -0.2) is 0 Å². The van der Waals surface area contributed by atoms with Gasteiger partial charge in [0.05, 0.1) is 6.17 Å². The molecule has 2 heteroatoms. The van der Waals surface area contributed by atoms with E-state index in [1.807, 2.05) is 6.20 Å². The van der Waals surface area contributed by atoms with Crippen molar-refractivity contribution >= 4 is 0 Å². The molecule has 2 rings (SSSR count). The van der Waals surface area contributed by atoms with Crippen molar-refractivity contribution in [3.8, 4) is 0 Å². The van der Waals surface area contributed by atoms with E-state index in [9.17, 15) is 0 Å². The highest BCUT2D eigenvalue weighted by molar-refractivity contribution is 5.13. The van der Waals surface area contributed by atoms with Crippen LogP contribution in [0.3, 0.4) is 0 Å². The SMILES string of the molecule is C1=CC2C=CNC2NC1. The van der Waals surface area contributed by atoms with Gasteiger partial charge in [-0.3, -0.25) is 5.32 Å². The molecule has 48 valence electrons. The highest BCUT2D eigenvalue weighted by Crippen LogP contribution is 2.13. The Morgan fingerprint density at radius 2 is 2.33 bits per heavy atom. The Morgan fingerprint density at radius 3 is 3.22 bits per heavy atom. The van der Waals surface area contributed by atoms with Crippen LogP contribution >= 0.6 is 0 Å². The smallest absolute Gasteiger partial charge is 0.0865 e. The zero-order valence-electron chi connectivity index (χ0n) is 5.17. The molecule has 2 nitrogen and oxygen atoms in total. The highest BCUT2D eigenvalue weighted by atomic mass is 15.1. The molecule has 2 N–H and O–H groups in total. The van der Waals surface area contributed by atoms with Crippen LogP contribution in [0.4, 0.5) is 0 Å². The summed E-state index contributed by atoms with van der Waals surface area (Å²) in [4.78, 5) is 0. The van der Waals surface area contributed by atoms with Gasteiger partial charge in [-0.05, 0) is 6.20 Å². The van der Waals surface area contributed by atoms with Crippen molar-refractivity contribution in [2.75, 3.05) is 6.54 Å².